The molecule has 6 heteroatoms. The number of aliphatic hydroxyl groups excluding tert-OH is 1. The Morgan fingerprint density at radius 2 is 2.12 bits per heavy atom. The Hall–Kier alpha value is -2.34. The minimum Gasteiger partial charge on any atom is -0.497 e. The molecule has 0 bridgehead atoms. The molecule has 1 aromatic carbocycles. The number of benzene rings is 1. The number of rotatable bonds is 4. The van der Waals surface area contributed by atoms with Crippen molar-refractivity contribution in [3.05, 3.63) is 41.7 Å². The van der Waals surface area contributed by atoms with Crippen LogP contribution in [0.25, 0.3) is 5.69 Å². The Kier molecular flexibility index (Phi) is 4.85. The fraction of sp³-hybridized carbons (Fsp3) is 0.444. The van der Waals surface area contributed by atoms with Crippen LogP contribution in [0.15, 0.2) is 30.3 Å². The highest BCUT2D eigenvalue weighted by molar-refractivity contribution is 5.92. The molecule has 1 N–H and O–H groups in total. The molecule has 1 fully saturated rings. The lowest BCUT2D eigenvalue weighted by atomic mass is 9.99. The molecule has 128 valence electrons. The number of carbonyl (C=O) groups excluding carboxylic acids is 1. The number of aliphatic hydroxyl groups is 1. The number of carbonyl (C=O) groups is 1. The molecule has 1 aliphatic heterocycles. The maximum atomic E-state index is 12.7. The zero-order valence-electron chi connectivity index (χ0n) is 14.1. The number of likely N-dealkylation sites (tertiary alicyclic amines) is 1. The van der Waals surface area contributed by atoms with E-state index in [1.54, 1.807) is 16.7 Å². The third-order valence-electron chi connectivity index (χ3n) is 4.49. The SMILES string of the molecule is COc1ccc(-n2nc(C(=O)N3CCCC(CO)C3)cc2C)cc1. The summed E-state index contributed by atoms with van der Waals surface area (Å²) in [6.45, 7) is 3.39. The van der Waals surface area contributed by atoms with Gasteiger partial charge in [0, 0.05) is 25.4 Å². The normalized spacial score (nSPS) is 17.8. The molecule has 0 saturated carbocycles. The molecule has 1 amide bonds. The summed E-state index contributed by atoms with van der Waals surface area (Å²) in [7, 11) is 1.63. The highest BCUT2D eigenvalue weighted by Gasteiger charge is 2.26. The Balaban J connectivity index is 1.81. The van der Waals surface area contributed by atoms with Crippen molar-refractivity contribution in [1.82, 2.24) is 14.7 Å². The van der Waals surface area contributed by atoms with E-state index in [0.29, 0.717) is 12.2 Å². The number of hydrogen-bond acceptors (Lipinski definition) is 4. The van der Waals surface area contributed by atoms with Crippen LogP contribution >= 0.6 is 0 Å². The van der Waals surface area contributed by atoms with Crippen LogP contribution in [0.3, 0.4) is 0 Å². The van der Waals surface area contributed by atoms with Crippen LogP contribution in [0.2, 0.25) is 0 Å². The quantitative estimate of drug-likeness (QED) is 0.932. The van der Waals surface area contributed by atoms with Crippen LogP contribution in [0.5, 0.6) is 5.75 Å². The summed E-state index contributed by atoms with van der Waals surface area (Å²) in [6, 6.07) is 9.38. The predicted molar refractivity (Wildman–Crippen MR) is 90.6 cm³/mol. The monoisotopic (exact) mass is 329 g/mol. The van der Waals surface area contributed by atoms with Gasteiger partial charge in [0.1, 0.15) is 5.75 Å². The lowest BCUT2D eigenvalue weighted by molar-refractivity contribution is 0.0614. The van der Waals surface area contributed by atoms with Gasteiger partial charge in [0.15, 0.2) is 5.69 Å². The van der Waals surface area contributed by atoms with Crippen molar-refractivity contribution < 1.29 is 14.6 Å². The van der Waals surface area contributed by atoms with Crippen molar-refractivity contribution in [2.45, 2.75) is 19.8 Å². The van der Waals surface area contributed by atoms with E-state index in [0.717, 1.165) is 36.5 Å². The van der Waals surface area contributed by atoms with Gasteiger partial charge < -0.3 is 14.7 Å². The molecule has 6 nitrogen and oxygen atoms in total. The van der Waals surface area contributed by atoms with Gasteiger partial charge in [-0.3, -0.25) is 4.79 Å². The van der Waals surface area contributed by atoms with E-state index < -0.39 is 0 Å². The van der Waals surface area contributed by atoms with E-state index in [4.69, 9.17) is 4.74 Å². The van der Waals surface area contributed by atoms with Crippen LogP contribution in [0.1, 0.15) is 29.0 Å². The summed E-state index contributed by atoms with van der Waals surface area (Å²) in [4.78, 5) is 14.5. The number of nitrogens with zero attached hydrogens (tertiary/aromatic N) is 3. The van der Waals surface area contributed by atoms with Gasteiger partial charge in [0.2, 0.25) is 0 Å². The first-order valence-corrected chi connectivity index (χ1v) is 8.23. The van der Waals surface area contributed by atoms with Crippen LogP contribution in [0.4, 0.5) is 0 Å². The van der Waals surface area contributed by atoms with E-state index in [2.05, 4.69) is 5.10 Å². The summed E-state index contributed by atoms with van der Waals surface area (Å²) in [6.07, 6.45) is 1.90. The number of amides is 1. The van der Waals surface area contributed by atoms with Gasteiger partial charge in [-0.25, -0.2) is 4.68 Å². The summed E-state index contributed by atoms with van der Waals surface area (Å²) in [5.74, 6) is 0.888. The van der Waals surface area contributed by atoms with Gasteiger partial charge in [0.25, 0.3) is 5.91 Å². The number of aromatic nitrogens is 2. The summed E-state index contributed by atoms with van der Waals surface area (Å²) in [5.41, 5.74) is 2.24. The van der Waals surface area contributed by atoms with Crippen molar-refractivity contribution in [3.8, 4) is 11.4 Å². The number of aryl methyl sites for hydroxylation is 1. The zero-order chi connectivity index (χ0) is 17.1. The predicted octanol–water partition coefficient (Wildman–Crippen LogP) is 2.03. The Morgan fingerprint density at radius 1 is 1.38 bits per heavy atom. The van der Waals surface area contributed by atoms with Gasteiger partial charge in [0.05, 0.1) is 12.8 Å². The standard InChI is InChI=1S/C18H23N3O3/c1-13-10-17(18(23)20-9-3-4-14(11-20)12-22)19-21(13)15-5-7-16(24-2)8-6-15/h5-8,10,14,22H,3-4,9,11-12H2,1-2H3. The fourth-order valence-corrected chi connectivity index (χ4v) is 3.12. The molecule has 0 spiro atoms. The Bertz CT molecular complexity index is 709. The van der Waals surface area contributed by atoms with Crippen LogP contribution in [-0.2, 0) is 0 Å². The zero-order valence-corrected chi connectivity index (χ0v) is 14.1. The average molecular weight is 329 g/mol. The smallest absolute Gasteiger partial charge is 0.274 e. The first-order valence-electron chi connectivity index (χ1n) is 8.23. The number of methoxy groups -OCH3 is 1. The van der Waals surface area contributed by atoms with Gasteiger partial charge in [-0.1, -0.05) is 0 Å². The van der Waals surface area contributed by atoms with Gasteiger partial charge in [-0.15, -0.1) is 0 Å². The van der Waals surface area contributed by atoms with Crippen molar-refractivity contribution in [1.29, 1.82) is 0 Å². The molecule has 24 heavy (non-hydrogen) atoms. The second-order valence-corrected chi connectivity index (χ2v) is 6.22. The second-order valence-electron chi connectivity index (χ2n) is 6.22. The third kappa shape index (κ3) is 3.28. The lowest BCUT2D eigenvalue weighted by Gasteiger charge is -2.31. The molecule has 1 aliphatic rings. The van der Waals surface area contributed by atoms with Crippen molar-refractivity contribution in [2.75, 3.05) is 26.8 Å². The average Bonchev–Trinajstić information content (AvgIpc) is 3.03. The molecule has 1 saturated heterocycles. The van der Waals surface area contributed by atoms with Gasteiger partial charge in [-0.05, 0) is 56.0 Å². The minimum atomic E-state index is -0.0662. The number of ether oxygens (including phenoxy) is 1. The maximum absolute atomic E-state index is 12.7. The second kappa shape index (κ2) is 7.05. The first kappa shape index (κ1) is 16.5. The molecule has 2 heterocycles. The Labute approximate surface area is 141 Å². The highest BCUT2D eigenvalue weighted by Crippen LogP contribution is 2.20. The fourth-order valence-electron chi connectivity index (χ4n) is 3.12. The lowest BCUT2D eigenvalue weighted by Crippen LogP contribution is -2.41. The number of hydrogen-bond donors (Lipinski definition) is 1. The first-order chi connectivity index (χ1) is 11.6. The van der Waals surface area contributed by atoms with Crippen molar-refractivity contribution >= 4 is 5.91 Å². The summed E-state index contributed by atoms with van der Waals surface area (Å²) in [5, 5.41) is 13.8. The van der Waals surface area contributed by atoms with Crippen LogP contribution < -0.4 is 4.74 Å². The van der Waals surface area contributed by atoms with E-state index >= 15 is 0 Å². The molecule has 1 atom stereocenters. The topological polar surface area (TPSA) is 67.6 Å². The molecular weight excluding hydrogens is 306 g/mol. The molecular formula is C18H23N3O3. The third-order valence-corrected chi connectivity index (χ3v) is 4.49. The van der Waals surface area contributed by atoms with Crippen molar-refractivity contribution in [2.24, 2.45) is 5.92 Å². The van der Waals surface area contributed by atoms with Crippen LogP contribution in [0, 0.1) is 12.8 Å². The maximum Gasteiger partial charge on any atom is 0.274 e. The molecule has 1 aromatic heterocycles. The Morgan fingerprint density at radius 3 is 2.79 bits per heavy atom. The van der Waals surface area contributed by atoms with Gasteiger partial charge >= 0.3 is 0 Å². The highest BCUT2D eigenvalue weighted by atomic mass is 16.5. The summed E-state index contributed by atoms with van der Waals surface area (Å²) < 4.78 is 6.93. The molecule has 3 rings (SSSR count). The van der Waals surface area contributed by atoms with E-state index in [-0.39, 0.29) is 18.4 Å². The van der Waals surface area contributed by atoms with E-state index in [1.165, 1.54) is 0 Å². The van der Waals surface area contributed by atoms with Gasteiger partial charge in [-0.2, -0.15) is 5.10 Å². The van der Waals surface area contributed by atoms with E-state index in [1.807, 2.05) is 37.3 Å². The molecule has 0 radical (unpaired) electrons. The number of piperidine rings is 1. The molecule has 0 aliphatic carbocycles. The van der Waals surface area contributed by atoms with Crippen molar-refractivity contribution in [3.63, 3.8) is 0 Å². The molecule has 2 aromatic rings. The molecule has 1 unspecified atom stereocenters. The van der Waals surface area contributed by atoms with E-state index in [9.17, 15) is 9.90 Å². The largest absolute Gasteiger partial charge is 0.497 e. The summed E-state index contributed by atoms with van der Waals surface area (Å²) >= 11 is 0. The minimum absolute atomic E-state index is 0.0662. The van der Waals surface area contributed by atoms with Crippen LogP contribution in [-0.4, -0.2) is 52.5 Å².